The van der Waals surface area contributed by atoms with Crippen molar-refractivity contribution in [3.63, 3.8) is 0 Å². The summed E-state index contributed by atoms with van der Waals surface area (Å²) >= 11 is 0. The molecular weight excluding hydrogens is 226 g/mol. The zero-order valence-corrected chi connectivity index (χ0v) is 11.3. The van der Waals surface area contributed by atoms with Crippen LogP contribution in [0.5, 0.6) is 0 Å². The van der Waals surface area contributed by atoms with Crippen molar-refractivity contribution in [2.24, 2.45) is 11.8 Å². The van der Waals surface area contributed by atoms with Crippen LogP contribution in [0.25, 0.3) is 0 Å². The van der Waals surface area contributed by atoms with Gasteiger partial charge in [0.25, 0.3) is 0 Å². The first-order valence-corrected chi connectivity index (χ1v) is 7.69. The highest BCUT2D eigenvalue weighted by atomic mass is 16.5. The van der Waals surface area contributed by atoms with Crippen molar-refractivity contribution in [1.29, 1.82) is 0 Å². The Labute approximate surface area is 110 Å². The number of carbonyl (C=O) groups excluding carboxylic acids is 1. The van der Waals surface area contributed by atoms with E-state index >= 15 is 0 Å². The van der Waals surface area contributed by atoms with Crippen LogP contribution in [0.4, 0.5) is 0 Å². The normalized spacial score (nSPS) is 34.4. The molecule has 3 heteroatoms. The summed E-state index contributed by atoms with van der Waals surface area (Å²) in [6.45, 7) is 3.28. The van der Waals surface area contributed by atoms with Crippen LogP contribution in [-0.2, 0) is 9.53 Å². The van der Waals surface area contributed by atoms with E-state index in [2.05, 4.69) is 4.90 Å². The number of carbonyl (C=O) groups is 1. The molecule has 2 aliphatic heterocycles. The monoisotopic (exact) mass is 251 g/mol. The predicted octanol–water partition coefficient (Wildman–Crippen LogP) is 2.25. The van der Waals surface area contributed by atoms with E-state index in [4.69, 9.17) is 4.74 Å². The summed E-state index contributed by atoms with van der Waals surface area (Å²) in [5.41, 5.74) is 0. The van der Waals surface area contributed by atoms with Gasteiger partial charge >= 0.3 is 0 Å². The molecule has 1 saturated carbocycles. The fraction of sp³-hybridized carbons (Fsp3) is 0.933. The number of ketones is 1. The maximum absolute atomic E-state index is 12.2. The molecule has 3 rings (SSSR count). The Bertz CT molecular complexity index is 293. The first-order chi connectivity index (χ1) is 8.84. The molecule has 0 aromatic rings. The standard InChI is InChI=1S/C15H25NO2/c17-15(13-7-9-18-11-13)10-16-8-3-6-14(16)12-4-1-2-5-12/h12-14H,1-11H2. The molecule has 102 valence electrons. The Balaban J connectivity index is 1.55. The molecular formula is C15H25NO2. The number of likely N-dealkylation sites (tertiary alicyclic amines) is 1. The van der Waals surface area contributed by atoms with Crippen LogP contribution in [-0.4, -0.2) is 43.0 Å². The lowest BCUT2D eigenvalue weighted by Crippen LogP contribution is -2.40. The maximum Gasteiger partial charge on any atom is 0.152 e. The summed E-state index contributed by atoms with van der Waals surface area (Å²) < 4.78 is 5.33. The average Bonchev–Trinajstić information content (AvgIpc) is 3.11. The van der Waals surface area contributed by atoms with Crippen molar-refractivity contribution in [2.45, 2.75) is 51.0 Å². The first-order valence-electron chi connectivity index (χ1n) is 7.69. The number of nitrogens with zero attached hydrogens (tertiary/aromatic N) is 1. The number of Topliss-reactive ketones (excluding diaryl/α,β-unsaturated/α-hetero) is 1. The van der Waals surface area contributed by atoms with Gasteiger partial charge in [0.15, 0.2) is 5.78 Å². The molecule has 2 unspecified atom stereocenters. The summed E-state index contributed by atoms with van der Waals surface area (Å²) in [6, 6.07) is 0.707. The molecule has 0 bridgehead atoms. The Hall–Kier alpha value is -0.410. The smallest absolute Gasteiger partial charge is 0.152 e. The van der Waals surface area contributed by atoms with E-state index in [-0.39, 0.29) is 5.92 Å². The Morgan fingerprint density at radius 1 is 1.11 bits per heavy atom. The number of hydrogen-bond acceptors (Lipinski definition) is 3. The van der Waals surface area contributed by atoms with Crippen molar-refractivity contribution in [2.75, 3.05) is 26.3 Å². The van der Waals surface area contributed by atoms with Gasteiger partial charge in [-0.2, -0.15) is 0 Å². The van der Waals surface area contributed by atoms with Crippen molar-refractivity contribution in [3.8, 4) is 0 Å². The van der Waals surface area contributed by atoms with Gasteiger partial charge in [-0.25, -0.2) is 0 Å². The van der Waals surface area contributed by atoms with Gasteiger partial charge in [-0.05, 0) is 44.6 Å². The van der Waals surface area contributed by atoms with E-state index in [1.807, 2.05) is 0 Å². The van der Waals surface area contributed by atoms with Crippen LogP contribution < -0.4 is 0 Å². The summed E-state index contributed by atoms with van der Waals surface area (Å²) in [5.74, 6) is 1.49. The third kappa shape index (κ3) is 2.62. The number of hydrogen-bond donors (Lipinski definition) is 0. The van der Waals surface area contributed by atoms with Crippen LogP contribution in [0.15, 0.2) is 0 Å². The Kier molecular flexibility index (Phi) is 4.00. The second-order valence-electron chi connectivity index (χ2n) is 6.25. The van der Waals surface area contributed by atoms with Gasteiger partial charge in [-0.1, -0.05) is 12.8 Å². The molecule has 2 heterocycles. The highest BCUT2D eigenvalue weighted by molar-refractivity contribution is 5.83. The lowest BCUT2D eigenvalue weighted by atomic mass is 9.95. The van der Waals surface area contributed by atoms with Crippen LogP contribution in [0.3, 0.4) is 0 Å². The molecule has 0 aromatic carbocycles. The molecule has 0 radical (unpaired) electrons. The van der Waals surface area contributed by atoms with Crippen LogP contribution in [0.1, 0.15) is 44.9 Å². The van der Waals surface area contributed by atoms with Crippen LogP contribution >= 0.6 is 0 Å². The topological polar surface area (TPSA) is 29.5 Å². The lowest BCUT2D eigenvalue weighted by Gasteiger charge is -2.29. The molecule has 1 aliphatic carbocycles. The number of rotatable bonds is 4. The largest absolute Gasteiger partial charge is 0.381 e. The Morgan fingerprint density at radius 2 is 1.94 bits per heavy atom. The Morgan fingerprint density at radius 3 is 2.67 bits per heavy atom. The molecule has 2 saturated heterocycles. The molecule has 0 N–H and O–H groups in total. The van der Waals surface area contributed by atoms with Gasteiger partial charge in [-0.3, -0.25) is 9.69 Å². The molecule has 0 amide bonds. The predicted molar refractivity (Wildman–Crippen MR) is 70.5 cm³/mol. The van der Waals surface area contributed by atoms with Gasteiger partial charge < -0.3 is 4.74 Å². The molecule has 2 atom stereocenters. The maximum atomic E-state index is 12.2. The van der Waals surface area contributed by atoms with E-state index in [0.717, 1.165) is 25.5 Å². The second-order valence-corrected chi connectivity index (χ2v) is 6.25. The zero-order valence-electron chi connectivity index (χ0n) is 11.3. The average molecular weight is 251 g/mol. The second kappa shape index (κ2) is 5.70. The SMILES string of the molecule is O=C(CN1CCCC1C1CCCC1)C1CCOC1. The van der Waals surface area contributed by atoms with Gasteiger partial charge in [0.05, 0.1) is 13.2 Å². The van der Waals surface area contributed by atoms with Crippen molar-refractivity contribution in [1.82, 2.24) is 4.90 Å². The fourth-order valence-corrected chi connectivity index (χ4v) is 4.04. The van der Waals surface area contributed by atoms with Gasteiger partial charge in [0, 0.05) is 18.6 Å². The van der Waals surface area contributed by atoms with Crippen molar-refractivity contribution >= 4 is 5.78 Å². The first kappa shape index (κ1) is 12.6. The van der Waals surface area contributed by atoms with E-state index in [0.29, 0.717) is 25.0 Å². The summed E-state index contributed by atoms with van der Waals surface area (Å²) in [4.78, 5) is 14.7. The molecule has 3 aliphatic rings. The fourth-order valence-electron chi connectivity index (χ4n) is 4.04. The van der Waals surface area contributed by atoms with E-state index in [1.54, 1.807) is 0 Å². The highest BCUT2D eigenvalue weighted by Crippen LogP contribution is 2.35. The summed E-state index contributed by atoms with van der Waals surface area (Å²) in [6.07, 6.45) is 9.14. The molecule has 3 fully saturated rings. The highest BCUT2D eigenvalue weighted by Gasteiger charge is 2.35. The minimum atomic E-state index is 0.190. The van der Waals surface area contributed by atoms with Crippen LogP contribution in [0, 0.1) is 11.8 Å². The lowest BCUT2D eigenvalue weighted by molar-refractivity contribution is -0.124. The van der Waals surface area contributed by atoms with Crippen LogP contribution in [0.2, 0.25) is 0 Å². The van der Waals surface area contributed by atoms with E-state index < -0.39 is 0 Å². The summed E-state index contributed by atoms with van der Waals surface area (Å²) in [7, 11) is 0. The molecule has 0 spiro atoms. The quantitative estimate of drug-likeness (QED) is 0.767. The third-order valence-electron chi connectivity index (χ3n) is 5.10. The van der Waals surface area contributed by atoms with Gasteiger partial charge in [0.1, 0.15) is 0 Å². The summed E-state index contributed by atoms with van der Waals surface area (Å²) in [5, 5.41) is 0. The zero-order chi connectivity index (χ0) is 12.4. The minimum absolute atomic E-state index is 0.190. The van der Waals surface area contributed by atoms with Crippen molar-refractivity contribution < 1.29 is 9.53 Å². The van der Waals surface area contributed by atoms with Gasteiger partial charge in [-0.15, -0.1) is 0 Å². The molecule has 3 nitrogen and oxygen atoms in total. The van der Waals surface area contributed by atoms with Crippen molar-refractivity contribution in [3.05, 3.63) is 0 Å². The molecule has 18 heavy (non-hydrogen) atoms. The van der Waals surface area contributed by atoms with E-state index in [1.165, 1.54) is 38.5 Å². The van der Waals surface area contributed by atoms with E-state index in [9.17, 15) is 4.79 Å². The minimum Gasteiger partial charge on any atom is -0.381 e. The molecule has 0 aromatic heterocycles. The third-order valence-corrected chi connectivity index (χ3v) is 5.10. The number of ether oxygens (including phenoxy) is 1. The van der Waals surface area contributed by atoms with Gasteiger partial charge in [0.2, 0.25) is 0 Å².